The van der Waals surface area contributed by atoms with Gasteiger partial charge >= 0.3 is 0 Å². The maximum atomic E-state index is 12.6. The van der Waals surface area contributed by atoms with E-state index in [1.54, 1.807) is 25.1 Å². The monoisotopic (exact) mass is 401 g/mol. The number of carbonyl (C=O) groups excluding carboxylic acids is 1. The lowest BCUT2D eigenvalue weighted by Gasteiger charge is -2.19. The quantitative estimate of drug-likeness (QED) is 0.589. The van der Waals surface area contributed by atoms with E-state index in [9.17, 15) is 4.79 Å². The molecule has 3 aromatic rings. The molecule has 0 saturated carbocycles. The highest BCUT2D eigenvalue weighted by Gasteiger charge is 2.21. The molecule has 0 aliphatic heterocycles. The predicted octanol–water partition coefficient (Wildman–Crippen LogP) is 2.51. The molecule has 0 spiro atoms. The smallest absolute Gasteiger partial charge is 0.227 e. The van der Waals surface area contributed by atoms with E-state index >= 15 is 0 Å². The maximum Gasteiger partial charge on any atom is 0.227 e. The van der Waals surface area contributed by atoms with Gasteiger partial charge in [-0.25, -0.2) is 4.98 Å². The van der Waals surface area contributed by atoms with E-state index in [1.165, 1.54) is 0 Å². The van der Waals surface area contributed by atoms with E-state index in [2.05, 4.69) is 20.4 Å². The Labute approximate surface area is 167 Å². The molecule has 1 atom stereocenters. The van der Waals surface area contributed by atoms with E-state index in [0.717, 1.165) is 17.1 Å². The van der Waals surface area contributed by atoms with Gasteiger partial charge in [-0.05, 0) is 24.0 Å². The molecule has 0 aliphatic carbocycles. The highest BCUT2D eigenvalue weighted by atomic mass is 32.2. The SMILES string of the molecule is COc1cccc(C(NC(=O)CCc2nc(CSC)no2)c2nccn2C)c1. The molecule has 2 aromatic heterocycles. The van der Waals surface area contributed by atoms with Gasteiger partial charge in [-0.15, -0.1) is 0 Å². The highest BCUT2D eigenvalue weighted by Crippen LogP contribution is 2.24. The van der Waals surface area contributed by atoms with Crippen molar-refractivity contribution in [3.8, 4) is 5.75 Å². The standard InChI is InChI=1S/C19H23N5O3S/c1-24-10-9-20-19(24)18(13-5-4-6-14(11-13)26-2)22-16(25)7-8-17-21-15(12-28-3)23-27-17/h4-6,9-11,18H,7-8,12H2,1-3H3,(H,22,25). The largest absolute Gasteiger partial charge is 0.497 e. The van der Waals surface area contributed by atoms with Crippen molar-refractivity contribution in [3.63, 3.8) is 0 Å². The van der Waals surface area contributed by atoms with Crippen molar-refractivity contribution in [3.05, 3.63) is 59.8 Å². The number of carbonyl (C=O) groups is 1. The molecule has 3 rings (SSSR count). The minimum atomic E-state index is -0.391. The summed E-state index contributed by atoms with van der Waals surface area (Å²) in [7, 11) is 3.51. The van der Waals surface area contributed by atoms with E-state index in [0.29, 0.717) is 23.9 Å². The van der Waals surface area contributed by atoms with Gasteiger partial charge in [0.2, 0.25) is 11.8 Å². The van der Waals surface area contributed by atoms with Crippen LogP contribution in [0.25, 0.3) is 0 Å². The fraction of sp³-hybridized carbons (Fsp3) is 0.368. The number of methoxy groups -OCH3 is 1. The minimum absolute atomic E-state index is 0.125. The normalized spacial score (nSPS) is 12.0. The van der Waals surface area contributed by atoms with E-state index in [1.807, 2.05) is 48.3 Å². The molecule has 0 aliphatic rings. The third-order valence-electron chi connectivity index (χ3n) is 4.20. The summed E-state index contributed by atoms with van der Waals surface area (Å²) in [5.74, 6) is 3.13. The van der Waals surface area contributed by atoms with Crippen LogP contribution in [-0.2, 0) is 24.0 Å². The highest BCUT2D eigenvalue weighted by molar-refractivity contribution is 7.97. The molecule has 0 saturated heterocycles. The number of ether oxygens (including phenoxy) is 1. The summed E-state index contributed by atoms with van der Waals surface area (Å²) in [6.07, 6.45) is 6.16. The third-order valence-corrected chi connectivity index (χ3v) is 4.75. The molecule has 0 fully saturated rings. The first-order chi connectivity index (χ1) is 13.6. The number of nitrogens with one attached hydrogen (secondary N) is 1. The maximum absolute atomic E-state index is 12.6. The molecule has 0 radical (unpaired) electrons. The van der Waals surface area contributed by atoms with Gasteiger partial charge in [0.05, 0.1) is 12.9 Å². The third kappa shape index (κ3) is 4.92. The second-order valence-corrected chi connectivity index (χ2v) is 7.08. The molecular weight excluding hydrogens is 378 g/mol. The summed E-state index contributed by atoms with van der Waals surface area (Å²) in [6.45, 7) is 0. The predicted molar refractivity (Wildman–Crippen MR) is 106 cm³/mol. The zero-order valence-electron chi connectivity index (χ0n) is 16.1. The first-order valence-electron chi connectivity index (χ1n) is 8.81. The van der Waals surface area contributed by atoms with Gasteiger partial charge in [0.1, 0.15) is 17.6 Å². The van der Waals surface area contributed by atoms with Gasteiger partial charge in [-0.1, -0.05) is 17.3 Å². The van der Waals surface area contributed by atoms with Crippen LogP contribution in [0.2, 0.25) is 0 Å². The van der Waals surface area contributed by atoms with Crippen molar-refractivity contribution >= 4 is 17.7 Å². The van der Waals surface area contributed by atoms with Crippen molar-refractivity contribution in [1.29, 1.82) is 0 Å². The van der Waals surface area contributed by atoms with Crippen LogP contribution in [0.5, 0.6) is 5.75 Å². The molecule has 9 heteroatoms. The van der Waals surface area contributed by atoms with Crippen LogP contribution >= 0.6 is 11.8 Å². The summed E-state index contributed by atoms with van der Waals surface area (Å²) in [5.41, 5.74) is 0.891. The number of rotatable bonds is 9. The first-order valence-corrected chi connectivity index (χ1v) is 10.2. The molecule has 0 bridgehead atoms. The number of amides is 1. The van der Waals surface area contributed by atoms with E-state index in [-0.39, 0.29) is 12.3 Å². The van der Waals surface area contributed by atoms with E-state index in [4.69, 9.17) is 9.26 Å². The van der Waals surface area contributed by atoms with Crippen LogP contribution in [0.4, 0.5) is 0 Å². The van der Waals surface area contributed by atoms with Crippen molar-refractivity contribution in [2.24, 2.45) is 7.05 Å². The number of aryl methyl sites for hydroxylation is 2. The minimum Gasteiger partial charge on any atom is -0.497 e. The van der Waals surface area contributed by atoms with Gasteiger partial charge in [-0.2, -0.15) is 16.7 Å². The lowest BCUT2D eigenvalue weighted by Crippen LogP contribution is -2.31. The Balaban J connectivity index is 1.71. The summed E-state index contributed by atoms with van der Waals surface area (Å²) >= 11 is 1.62. The second-order valence-electron chi connectivity index (χ2n) is 6.21. The van der Waals surface area contributed by atoms with Gasteiger partial charge in [0.25, 0.3) is 0 Å². The number of hydrogen-bond acceptors (Lipinski definition) is 7. The Morgan fingerprint density at radius 3 is 3.00 bits per heavy atom. The second kappa shape index (κ2) is 9.41. The first kappa shape index (κ1) is 19.9. The van der Waals surface area contributed by atoms with Crippen LogP contribution in [0, 0.1) is 0 Å². The molecule has 1 N–H and O–H groups in total. The Kier molecular flexibility index (Phi) is 6.70. The summed E-state index contributed by atoms with van der Waals surface area (Å²) in [5, 5.41) is 6.96. The molecule has 1 aromatic carbocycles. The number of hydrogen-bond donors (Lipinski definition) is 1. The average Bonchev–Trinajstić information content (AvgIpc) is 3.33. The molecule has 8 nitrogen and oxygen atoms in total. The number of imidazole rings is 1. The number of nitrogens with zero attached hydrogens (tertiary/aromatic N) is 4. The topological polar surface area (TPSA) is 95.1 Å². The van der Waals surface area contributed by atoms with Gasteiger partial charge in [0, 0.05) is 32.3 Å². The number of aromatic nitrogens is 4. The number of benzene rings is 1. The molecule has 28 heavy (non-hydrogen) atoms. The van der Waals surface area contributed by atoms with Crippen LogP contribution in [0.1, 0.15) is 35.6 Å². The summed E-state index contributed by atoms with van der Waals surface area (Å²) < 4.78 is 12.4. The lowest BCUT2D eigenvalue weighted by atomic mass is 10.1. The van der Waals surface area contributed by atoms with Gasteiger partial charge < -0.3 is 19.1 Å². The van der Waals surface area contributed by atoms with Crippen LogP contribution in [0.15, 0.2) is 41.2 Å². The van der Waals surface area contributed by atoms with Crippen molar-refractivity contribution < 1.29 is 14.1 Å². The fourth-order valence-corrected chi connectivity index (χ4v) is 3.18. The van der Waals surface area contributed by atoms with E-state index < -0.39 is 6.04 Å². The molecule has 2 heterocycles. The molecule has 148 valence electrons. The van der Waals surface area contributed by atoms with Crippen molar-refractivity contribution in [2.75, 3.05) is 13.4 Å². The summed E-state index contributed by atoms with van der Waals surface area (Å²) in [6, 6.07) is 7.20. The molecular formula is C19H23N5O3S. The average molecular weight is 401 g/mol. The van der Waals surface area contributed by atoms with Gasteiger partial charge in [-0.3, -0.25) is 4.79 Å². The number of thioether (sulfide) groups is 1. The molecule has 1 amide bonds. The Morgan fingerprint density at radius 2 is 2.29 bits per heavy atom. The Morgan fingerprint density at radius 1 is 1.43 bits per heavy atom. The van der Waals surface area contributed by atoms with Crippen molar-refractivity contribution in [2.45, 2.75) is 24.6 Å². The zero-order chi connectivity index (χ0) is 19.9. The van der Waals surface area contributed by atoms with Gasteiger partial charge in [0.15, 0.2) is 5.82 Å². The lowest BCUT2D eigenvalue weighted by molar-refractivity contribution is -0.121. The van der Waals surface area contributed by atoms with Crippen molar-refractivity contribution in [1.82, 2.24) is 25.0 Å². The van der Waals surface area contributed by atoms with Crippen LogP contribution < -0.4 is 10.1 Å². The van der Waals surface area contributed by atoms with Crippen LogP contribution in [-0.4, -0.2) is 39.0 Å². The molecule has 1 unspecified atom stereocenters. The Bertz CT molecular complexity index is 924. The zero-order valence-corrected chi connectivity index (χ0v) is 16.9. The fourth-order valence-electron chi connectivity index (χ4n) is 2.81. The van der Waals surface area contributed by atoms with Crippen LogP contribution in [0.3, 0.4) is 0 Å². The Hall–Kier alpha value is -2.81. The summed E-state index contributed by atoms with van der Waals surface area (Å²) in [4.78, 5) is 21.3.